The summed E-state index contributed by atoms with van der Waals surface area (Å²) in [7, 11) is 0. The number of amides is 2. The van der Waals surface area contributed by atoms with Crippen molar-refractivity contribution in [2.24, 2.45) is 0 Å². The first-order valence-corrected chi connectivity index (χ1v) is 10.2. The molecule has 8 heteroatoms. The number of fused-ring (bicyclic) bond motifs is 1. The highest BCUT2D eigenvalue weighted by Crippen LogP contribution is 2.24. The number of nitrogens with zero attached hydrogens (tertiary/aromatic N) is 3. The largest absolute Gasteiger partial charge is 0.339 e. The topological polar surface area (TPSA) is 84.3 Å². The zero-order valence-electron chi connectivity index (χ0n) is 16.3. The van der Waals surface area contributed by atoms with Crippen LogP contribution >= 0.6 is 11.6 Å². The van der Waals surface area contributed by atoms with Crippen LogP contribution in [-0.4, -0.2) is 39.6 Å². The molecule has 0 bridgehead atoms. The Hall–Kier alpha value is -3.19. The highest BCUT2D eigenvalue weighted by Gasteiger charge is 2.22. The monoisotopic (exact) mass is 424 g/mol. The molecule has 7 nitrogen and oxygen atoms in total. The van der Waals surface area contributed by atoms with Crippen LogP contribution in [0.5, 0.6) is 0 Å². The first kappa shape index (κ1) is 20.1. The summed E-state index contributed by atoms with van der Waals surface area (Å²) in [5.74, 6) is -0.486. The van der Waals surface area contributed by atoms with Gasteiger partial charge in [-0.25, -0.2) is 0 Å². The average molecular weight is 425 g/mol. The number of rotatable bonds is 4. The number of likely N-dealkylation sites (tertiary alicyclic amines) is 1. The number of hydrogen-bond acceptors (Lipinski definition) is 4. The van der Waals surface area contributed by atoms with E-state index in [0.717, 1.165) is 19.3 Å². The number of aromatic nitrogens is 2. The van der Waals surface area contributed by atoms with Crippen molar-refractivity contribution in [2.75, 3.05) is 18.4 Å². The van der Waals surface area contributed by atoms with E-state index in [1.807, 2.05) is 0 Å². The molecule has 1 aliphatic heterocycles. The predicted molar refractivity (Wildman–Crippen MR) is 116 cm³/mol. The first-order valence-electron chi connectivity index (χ1n) is 9.86. The number of para-hydroxylation sites is 1. The number of hydrogen-bond donors (Lipinski definition) is 1. The second-order valence-corrected chi connectivity index (χ2v) is 7.71. The summed E-state index contributed by atoms with van der Waals surface area (Å²) < 4.78 is 1.46. The van der Waals surface area contributed by atoms with Gasteiger partial charge in [0, 0.05) is 23.5 Å². The van der Waals surface area contributed by atoms with Crippen LogP contribution in [0.2, 0.25) is 5.02 Å². The van der Waals surface area contributed by atoms with Crippen LogP contribution in [0.25, 0.3) is 10.9 Å². The number of halogens is 1. The van der Waals surface area contributed by atoms with Gasteiger partial charge in [-0.1, -0.05) is 23.7 Å². The average Bonchev–Trinajstić information content (AvgIpc) is 2.76. The van der Waals surface area contributed by atoms with Crippen LogP contribution in [0.1, 0.15) is 29.6 Å². The Morgan fingerprint density at radius 3 is 2.63 bits per heavy atom. The number of piperidine rings is 1. The summed E-state index contributed by atoms with van der Waals surface area (Å²) in [6.45, 7) is 1.31. The van der Waals surface area contributed by atoms with Crippen molar-refractivity contribution in [3.8, 4) is 0 Å². The van der Waals surface area contributed by atoms with Gasteiger partial charge in [0.2, 0.25) is 11.3 Å². The molecule has 4 rings (SSSR count). The van der Waals surface area contributed by atoms with Gasteiger partial charge in [-0.2, -0.15) is 5.10 Å². The van der Waals surface area contributed by atoms with E-state index in [0.29, 0.717) is 40.3 Å². The minimum Gasteiger partial charge on any atom is -0.339 e. The SMILES string of the molecule is O=C(Cn1ncc(=O)c2ccccc21)Nc1cc(Cl)ccc1C(=O)N1CCCCC1. The van der Waals surface area contributed by atoms with E-state index in [4.69, 9.17) is 11.6 Å². The molecule has 1 N–H and O–H groups in total. The molecule has 1 aliphatic rings. The molecule has 0 unspecified atom stereocenters. The second-order valence-electron chi connectivity index (χ2n) is 7.27. The molecule has 2 aromatic carbocycles. The molecular weight excluding hydrogens is 404 g/mol. The summed E-state index contributed by atoms with van der Waals surface area (Å²) in [5, 5.41) is 7.78. The highest BCUT2D eigenvalue weighted by molar-refractivity contribution is 6.31. The maximum Gasteiger partial charge on any atom is 0.255 e. The fourth-order valence-corrected chi connectivity index (χ4v) is 3.86. The number of carbonyl (C=O) groups is 2. The van der Waals surface area contributed by atoms with Crippen molar-refractivity contribution in [1.82, 2.24) is 14.7 Å². The van der Waals surface area contributed by atoms with E-state index in [-0.39, 0.29) is 23.8 Å². The van der Waals surface area contributed by atoms with Crippen molar-refractivity contribution in [2.45, 2.75) is 25.8 Å². The lowest BCUT2D eigenvalue weighted by Crippen LogP contribution is -2.36. The Bertz CT molecular complexity index is 1170. The van der Waals surface area contributed by atoms with Gasteiger partial charge in [0.25, 0.3) is 5.91 Å². The summed E-state index contributed by atoms with van der Waals surface area (Å²) in [5.41, 5.74) is 1.14. The third kappa shape index (κ3) is 4.21. The molecule has 2 amide bonds. The molecule has 2 heterocycles. The normalized spacial score (nSPS) is 14.0. The standard InChI is InChI=1S/C22H21ClN4O3/c23-15-8-9-16(22(30)26-10-4-1-5-11-26)18(12-15)25-21(29)14-27-19-7-3-2-6-17(19)20(28)13-24-27/h2-3,6-9,12-13H,1,4-5,10-11,14H2,(H,25,29). The van der Waals surface area contributed by atoms with E-state index in [2.05, 4.69) is 10.4 Å². The Morgan fingerprint density at radius 2 is 1.83 bits per heavy atom. The van der Waals surface area contributed by atoms with Crippen LogP contribution in [0.15, 0.2) is 53.5 Å². The molecule has 0 radical (unpaired) electrons. The summed E-state index contributed by atoms with van der Waals surface area (Å²) in [4.78, 5) is 39.5. The third-order valence-corrected chi connectivity index (χ3v) is 5.42. The summed E-state index contributed by atoms with van der Waals surface area (Å²) in [6, 6.07) is 11.8. The number of nitrogens with one attached hydrogen (secondary N) is 1. The lowest BCUT2D eigenvalue weighted by molar-refractivity contribution is -0.116. The Balaban J connectivity index is 1.58. The van der Waals surface area contributed by atoms with E-state index in [1.165, 1.54) is 10.9 Å². The van der Waals surface area contributed by atoms with E-state index >= 15 is 0 Å². The zero-order valence-corrected chi connectivity index (χ0v) is 17.1. The Labute approximate surface area is 178 Å². The van der Waals surface area contributed by atoms with E-state index in [9.17, 15) is 14.4 Å². The van der Waals surface area contributed by atoms with Crippen molar-refractivity contribution in [3.63, 3.8) is 0 Å². The smallest absolute Gasteiger partial charge is 0.255 e. The molecule has 0 saturated carbocycles. The van der Waals surface area contributed by atoms with Crippen LogP contribution in [0, 0.1) is 0 Å². The van der Waals surface area contributed by atoms with Crippen LogP contribution < -0.4 is 10.7 Å². The number of anilines is 1. The Kier molecular flexibility index (Phi) is 5.81. The fourth-order valence-electron chi connectivity index (χ4n) is 3.69. The molecule has 1 saturated heterocycles. The van der Waals surface area contributed by atoms with Crippen molar-refractivity contribution in [1.29, 1.82) is 0 Å². The zero-order chi connectivity index (χ0) is 21.1. The van der Waals surface area contributed by atoms with Crippen LogP contribution in [0.4, 0.5) is 5.69 Å². The van der Waals surface area contributed by atoms with Gasteiger partial charge in [0.15, 0.2) is 0 Å². The van der Waals surface area contributed by atoms with Gasteiger partial charge in [-0.05, 0) is 49.6 Å². The number of carbonyl (C=O) groups excluding carboxylic acids is 2. The molecule has 30 heavy (non-hydrogen) atoms. The van der Waals surface area contributed by atoms with Gasteiger partial charge in [-0.15, -0.1) is 0 Å². The lowest BCUT2D eigenvalue weighted by atomic mass is 10.1. The van der Waals surface area contributed by atoms with Crippen LogP contribution in [-0.2, 0) is 11.3 Å². The first-order chi connectivity index (χ1) is 14.5. The second kappa shape index (κ2) is 8.67. The Morgan fingerprint density at radius 1 is 1.07 bits per heavy atom. The quantitative estimate of drug-likeness (QED) is 0.696. The molecule has 1 fully saturated rings. The highest BCUT2D eigenvalue weighted by atomic mass is 35.5. The summed E-state index contributed by atoms with van der Waals surface area (Å²) in [6.07, 6.45) is 4.27. The van der Waals surface area contributed by atoms with Crippen molar-refractivity contribution < 1.29 is 9.59 Å². The van der Waals surface area contributed by atoms with Gasteiger partial charge >= 0.3 is 0 Å². The molecule has 1 aromatic heterocycles. The molecule has 0 spiro atoms. The third-order valence-electron chi connectivity index (χ3n) is 5.18. The van der Waals surface area contributed by atoms with E-state index < -0.39 is 0 Å². The predicted octanol–water partition coefficient (Wildman–Crippen LogP) is 3.31. The molecule has 0 aliphatic carbocycles. The molecule has 154 valence electrons. The molecular formula is C22H21ClN4O3. The van der Waals surface area contributed by atoms with Gasteiger partial charge < -0.3 is 10.2 Å². The molecule has 0 atom stereocenters. The molecule has 3 aromatic rings. The summed E-state index contributed by atoms with van der Waals surface area (Å²) >= 11 is 6.12. The van der Waals surface area contributed by atoms with Gasteiger partial charge in [0.05, 0.1) is 23.0 Å². The maximum atomic E-state index is 13.0. The van der Waals surface area contributed by atoms with Crippen LogP contribution in [0.3, 0.4) is 0 Å². The van der Waals surface area contributed by atoms with E-state index in [1.54, 1.807) is 47.4 Å². The van der Waals surface area contributed by atoms with Gasteiger partial charge in [0.1, 0.15) is 6.54 Å². The van der Waals surface area contributed by atoms with Gasteiger partial charge in [-0.3, -0.25) is 19.1 Å². The lowest BCUT2D eigenvalue weighted by Gasteiger charge is -2.27. The minimum atomic E-state index is -0.369. The minimum absolute atomic E-state index is 0.106. The maximum absolute atomic E-state index is 13.0. The number of benzene rings is 2. The van der Waals surface area contributed by atoms with Crippen molar-refractivity contribution >= 4 is 40.0 Å². The van der Waals surface area contributed by atoms with Crippen molar-refractivity contribution in [3.05, 3.63) is 69.5 Å². The fraction of sp³-hybridized carbons (Fsp3) is 0.273.